The molecule has 0 saturated carbocycles. The standard InChI is InChI=1S/C25H26N4O/c30-25(27-21-9-11-22(12-10-21)28-15-3-4-16-28)20-13-14-26-24(18-20)29-17-5-7-19-6-1-2-8-23(19)29/h1-2,6,8-14,18H,3-5,7,15-17H2,(H,27,30). The average Bonchev–Trinajstić information content (AvgIpc) is 3.34. The van der Waals surface area contributed by atoms with Crippen molar-refractivity contribution in [1.29, 1.82) is 0 Å². The summed E-state index contributed by atoms with van der Waals surface area (Å²) in [5, 5.41) is 3.02. The molecule has 5 nitrogen and oxygen atoms in total. The molecule has 1 amide bonds. The second-order valence-corrected chi connectivity index (χ2v) is 7.98. The number of nitrogens with one attached hydrogen (secondary N) is 1. The topological polar surface area (TPSA) is 48.5 Å². The Bertz CT molecular complexity index is 1040. The fraction of sp³-hybridized carbons (Fsp3) is 0.280. The molecule has 3 heterocycles. The molecule has 152 valence electrons. The van der Waals surface area contributed by atoms with Gasteiger partial charge in [-0.3, -0.25) is 4.79 Å². The van der Waals surface area contributed by atoms with E-state index in [4.69, 9.17) is 0 Å². The van der Waals surface area contributed by atoms with Gasteiger partial charge in [-0.25, -0.2) is 4.98 Å². The van der Waals surface area contributed by atoms with Gasteiger partial charge < -0.3 is 15.1 Å². The minimum absolute atomic E-state index is 0.113. The highest BCUT2D eigenvalue weighted by Crippen LogP contribution is 2.32. The summed E-state index contributed by atoms with van der Waals surface area (Å²) < 4.78 is 0. The van der Waals surface area contributed by atoms with Crippen LogP contribution in [0.4, 0.5) is 22.9 Å². The second kappa shape index (κ2) is 8.19. The van der Waals surface area contributed by atoms with Gasteiger partial charge in [-0.2, -0.15) is 0 Å². The van der Waals surface area contributed by atoms with Gasteiger partial charge in [0.1, 0.15) is 5.82 Å². The number of para-hydroxylation sites is 1. The number of rotatable bonds is 4. The van der Waals surface area contributed by atoms with E-state index < -0.39 is 0 Å². The maximum absolute atomic E-state index is 12.9. The fourth-order valence-corrected chi connectivity index (χ4v) is 4.41. The number of hydrogen-bond acceptors (Lipinski definition) is 4. The molecule has 2 aliphatic heterocycles. The molecule has 0 aliphatic carbocycles. The Balaban J connectivity index is 1.32. The minimum atomic E-state index is -0.113. The summed E-state index contributed by atoms with van der Waals surface area (Å²) in [6.07, 6.45) is 6.39. The molecule has 5 heteroatoms. The Kier molecular flexibility index (Phi) is 5.10. The zero-order chi connectivity index (χ0) is 20.3. The van der Waals surface area contributed by atoms with Gasteiger partial charge in [-0.05, 0) is 73.7 Å². The van der Waals surface area contributed by atoms with E-state index in [0.717, 1.165) is 44.0 Å². The quantitative estimate of drug-likeness (QED) is 0.670. The summed E-state index contributed by atoms with van der Waals surface area (Å²) in [5.74, 6) is 0.706. The van der Waals surface area contributed by atoms with Crippen LogP contribution in [0.5, 0.6) is 0 Å². The Labute approximate surface area is 177 Å². The summed E-state index contributed by atoms with van der Waals surface area (Å²) in [6.45, 7) is 3.14. The SMILES string of the molecule is O=C(Nc1ccc(N2CCCC2)cc1)c1ccnc(N2CCCc3ccccc32)c1. The first-order valence-corrected chi connectivity index (χ1v) is 10.8. The van der Waals surface area contributed by atoms with Crippen LogP contribution in [-0.4, -0.2) is 30.5 Å². The molecule has 0 atom stereocenters. The molecule has 1 saturated heterocycles. The number of hydrogen-bond donors (Lipinski definition) is 1. The Morgan fingerprint density at radius 3 is 2.53 bits per heavy atom. The highest BCUT2D eigenvalue weighted by molar-refractivity contribution is 6.04. The van der Waals surface area contributed by atoms with Crippen LogP contribution in [-0.2, 0) is 6.42 Å². The first-order chi connectivity index (χ1) is 14.8. The van der Waals surface area contributed by atoms with Crippen molar-refractivity contribution in [2.75, 3.05) is 34.8 Å². The second-order valence-electron chi connectivity index (χ2n) is 7.98. The van der Waals surface area contributed by atoms with Crippen molar-refractivity contribution >= 4 is 28.8 Å². The Hall–Kier alpha value is -3.34. The summed E-state index contributed by atoms with van der Waals surface area (Å²) in [7, 11) is 0. The molecule has 1 fully saturated rings. The van der Waals surface area contributed by atoms with Crippen molar-refractivity contribution in [3.8, 4) is 0 Å². The van der Waals surface area contributed by atoms with E-state index in [9.17, 15) is 4.79 Å². The summed E-state index contributed by atoms with van der Waals surface area (Å²) in [6, 6.07) is 20.2. The van der Waals surface area contributed by atoms with Crippen molar-refractivity contribution in [2.24, 2.45) is 0 Å². The average molecular weight is 399 g/mol. The van der Waals surface area contributed by atoms with Crippen LogP contribution in [0.15, 0.2) is 66.9 Å². The molecule has 1 N–H and O–H groups in total. The van der Waals surface area contributed by atoms with Gasteiger partial charge in [-0.1, -0.05) is 18.2 Å². The van der Waals surface area contributed by atoms with Crippen LogP contribution in [0, 0.1) is 0 Å². The largest absolute Gasteiger partial charge is 0.372 e. The Morgan fingerprint density at radius 1 is 0.900 bits per heavy atom. The van der Waals surface area contributed by atoms with Crippen LogP contribution in [0.3, 0.4) is 0 Å². The maximum atomic E-state index is 12.9. The van der Waals surface area contributed by atoms with E-state index in [0.29, 0.717) is 5.56 Å². The number of carbonyl (C=O) groups is 1. The van der Waals surface area contributed by atoms with Crippen molar-refractivity contribution in [3.05, 3.63) is 78.0 Å². The number of pyridine rings is 1. The molecule has 0 unspecified atom stereocenters. The first kappa shape index (κ1) is 18.7. The van der Waals surface area contributed by atoms with Crippen LogP contribution in [0.1, 0.15) is 35.2 Å². The Morgan fingerprint density at radius 2 is 1.70 bits per heavy atom. The van der Waals surface area contributed by atoms with Crippen LogP contribution < -0.4 is 15.1 Å². The van der Waals surface area contributed by atoms with Crippen molar-refractivity contribution in [1.82, 2.24) is 4.98 Å². The predicted octanol–water partition coefficient (Wildman–Crippen LogP) is 5.02. The minimum Gasteiger partial charge on any atom is -0.372 e. The van der Waals surface area contributed by atoms with E-state index >= 15 is 0 Å². The van der Waals surface area contributed by atoms with Gasteiger partial charge in [0, 0.05) is 48.5 Å². The maximum Gasteiger partial charge on any atom is 0.255 e. The third kappa shape index (κ3) is 3.75. The highest BCUT2D eigenvalue weighted by atomic mass is 16.1. The lowest BCUT2D eigenvalue weighted by Crippen LogP contribution is -2.25. The lowest BCUT2D eigenvalue weighted by atomic mass is 10.0. The van der Waals surface area contributed by atoms with Crippen LogP contribution >= 0.6 is 0 Å². The molecule has 0 bridgehead atoms. The van der Waals surface area contributed by atoms with Crippen LogP contribution in [0.2, 0.25) is 0 Å². The smallest absolute Gasteiger partial charge is 0.255 e. The molecule has 1 aromatic heterocycles. The van der Waals surface area contributed by atoms with Gasteiger partial charge in [0.15, 0.2) is 0 Å². The zero-order valence-corrected chi connectivity index (χ0v) is 17.1. The third-order valence-corrected chi connectivity index (χ3v) is 5.99. The van der Waals surface area contributed by atoms with E-state index in [1.165, 1.54) is 29.8 Å². The van der Waals surface area contributed by atoms with Gasteiger partial charge in [0.25, 0.3) is 5.91 Å². The molecular weight excluding hydrogens is 372 g/mol. The molecule has 2 aromatic carbocycles. The number of anilines is 4. The van der Waals surface area contributed by atoms with Crippen molar-refractivity contribution in [2.45, 2.75) is 25.7 Å². The predicted molar refractivity (Wildman–Crippen MR) is 122 cm³/mol. The first-order valence-electron chi connectivity index (χ1n) is 10.8. The number of nitrogens with zero attached hydrogens (tertiary/aromatic N) is 3. The fourth-order valence-electron chi connectivity index (χ4n) is 4.41. The summed E-state index contributed by atoms with van der Waals surface area (Å²) in [4.78, 5) is 22.0. The lowest BCUT2D eigenvalue weighted by molar-refractivity contribution is 0.102. The molecule has 0 radical (unpaired) electrons. The molecule has 2 aliphatic rings. The number of amides is 1. The van der Waals surface area contributed by atoms with Crippen molar-refractivity contribution in [3.63, 3.8) is 0 Å². The summed E-state index contributed by atoms with van der Waals surface area (Å²) >= 11 is 0. The molecule has 30 heavy (non-hydrogen) atoms. The van der Waals surface area contributed by atoms with Gasteiger partial charge in [-0.15, -0.1) is 0 Å². The zero-order valence-electron chi connectivity index (χ0n) is 17.1. The van der Waals surface area contributed by atoms with Crippen molar-refractivity contribution < 1.29 is 4.79 Å². The van der Waals surface area contributed by atoms with Crippen LogP contribution in [0.25, 0.3) is 0 Å². The van der Waals surface area contributed by atoms with E-state index in [1.807, 2.05) is 18.2 Å². The molecule has 0 spiro atoms. The molecule has 3 aromatic rings. The van der Waals surface area contributed by atoms with E-state index in [-0.39, 0.29) is 5.91 Å². The molecule has 5 rings (SSSR count). The van der Waals surface area contributed by atoms with Gasteiger partial charge in [0.05, 0.1) is 0 Å². The summed E-state index contributed by atoms with van der Waals surface area (Å²) in [5.41, 5.74) is 5.17. The highest BCUT2D eigenvalue weighted by Gasteiger charge is 2.20. The number of benzene rings is 2. The number of carbonyl (C=O) groups excluding carboxylic acids is 1. The lowest BCUT2D eigenvalue weighted by Gasteiger charge is -2.30. The number of aromatic nitrogens is 1. The van der Waals surface area contributed by atoms with E-state index in [1.54, 1.807) is 12.3 Å². The third-order valence-electron chi connectivity index (χ3n) is 5.99. The van der Waals surface area contributed by atoms with Gasteiger partial charge in [0.2, 0.25) is 0 Å². The number of aryl methyl sites for hydroxylation is 1. The monoisotopic (exact) mass is 398 g/mol. The van der Waals surface area contributed by atoms with Gasteiger partial charge >= 0.3 is 0 Å². The van der Waals surface area contributed by atoms with E-state index in [2.05, 4.69) is 56.5 Å². The number of fused-ring (bicyclic) bond motifs is 1. The molecular formula is C25H26N4O. The normalized spacial score (nSPS) is 15.7.